The third-order valence-electron chi connectivity index (χ3n) is 5.01. The molecule has 4 atom stereocenters. The van der Waals surface area contributed by atoms with Crippen molar-refractivity contribution in [2.24, 2.45) is 0 Å². The highest BCUT2D eigenvalue weighted by molar-refractivity contribution is 5.83. The van der Waals surface area contributed by atoms with Crippen LogP contribution in [0.5, 0.6) is 0 Å². The molecular formula is C17H24N6O4. The number of hydrogen-bond acceptors (Lipinski definition) is 8. The largest absolute Gasteiger partial charge is 0.382 e. The molecule has 0 bridgehead atoms. The number of nitrogen functional groups attached to an aromatic ring is 1. The maximum Gasteiger partial charge on any atom is 0.254 e. The van der Waals surface area contributed by atoms with Crippen LogP contribution in [0.4, 0.5) is 5.82 Å². The molecule has 1 amide bonds. The third-order valence-corrected chi connectivity index (χ3v) is 5.01. The Labute approximate surface area is 156 Å². The van der Waals surface area contributed by atoms with Crippen molar-refractivity contribution in [3.63, 3.8) is 0 Å². The number of anilines is 1. The molecule has 2 aromatic rings. The zero-order chi connectivity index (χ0) is 19.3. The average molecular weight is 376 g/mol. The lowest BCUT2D eigenvalue weighted by atomic mass is 10.1. The molecule has 27 heavy (non-hydrogen) atoms. The van der Waals surface area contributed by atoms with Gasteiger partial charge in [-0.25, -0.2) is 15.0 Å². The molecule has 0 spiro atoms. The molecular weight excluding hydrogens is 352 g/mol. The zero-order valence-corrected chi connectivity index (χ0v) is 15.8. The van der Waals surface area contributed by atoms with Gasteiger partial charge in [0.05, 0.1) is 6.33 Å². The summed E-state index contributed by atoms with van der Waals surface area (Å²) in [6.07, 6.45) is 0.583. The Bertz CT molecular complexity index is 864. The van der Waals surface area contributed by atoms with Crippen molar-refractivity contribution in [2.45, 2.75) is 58.0 Å². The molecule has 2 aliphatic heterocycles. The molecule has 10 nitrogen and oxygen atoms in total. The Kier molecular flexibility index (Phi) is 4.28. The lowest BCUT2D eigenvalue weighted by Crippen LogP contribution is -2.45. The summed E-state index contributed by atoms with van der Waals surface area (Å²) in [6.45, 7) is 8.72. The molecule has 10 heteroatoms. The first kappa shape index (κ1) is 18.1. The molecule has 0 aliphatic carbocycles. The fourth-order valence-electron chi connectivity index (χ4n) is 3.77. The van der Waals surface area contributed by atoms with Crippen LogP contribution in [-0.4, -0.2) is 67.5 Å². The second-order valence-electron chi connectivity index (χ2n) is 7.11. The van der Waals surface area contributed by atoms with E-state index in [0.29, 0.717) is 24.3 Å². The summed E-state index contributed by atoms with van der Waals surface area (Å²) < 4.78 is 20.0. The second-order valence-corrected chi connectivity index (χ2v) is 7.11. The van der Waals surface area contributed by atoms with Gasteiger partial charge in [0.1, 0.15) is 24.1 Å². The van der Waals surface area contributed by atoms with E-state index in [0.717, 1.165) is 0 Å². The molecule has 4 heterocycles. The van der Waals surface area contributed by atoms with Gasteiger partial charge in [0, 0.05) is 13.1 Å². The van der Waals surface area contributed by atoms with Crippen molar-refractivity contribution in [1.82, 2.24) is 24.4 Å². The molecule has 0 aromatic carbocycles. The van der Waals surface area contributed by atoms with Crippen LogP contribution in [0.25, 0.3) is 11.2 Å². The number of aromatic nitrogens is 4. The Hall–Kier alpha value is -2.30. The minimum atomic E-state index is -0.816. The van der Waals surface area contributed by atoms with Crippen molar-refractivity contribution in [3.05, 3.63) is 12.7 Å². The van der Waals surface area contributed by atoms with Gasteiger partial charge in [-0.05, 0) is 27.7 Å². The van der Waals surface area contributed by atoms with Crippen LogP contribution in [0.2, 0.25) is 0 Å². The fourth-order valence-corrected chi connectivity index (χ4v) is 3.77. The van der Waals surface area contributed by atoms with Crippen molar-refractivity contribution in [1.29, 1.82) is 0 Å². The summed E-state index contributed by atoms with van der Waals surface area (Å²) in [5.74, 6) is -0.644. The number of carbonyl (C=O) groups is 1. The van der Waals surface area contributed by atoms with E-state index in [1.165, 1.54) is 6.33 Å². The first-order valence-corrected chi connectivity index (χ1v) is 9.09. The Morgan fingerprint density at radius 3 is 2.63 bits per heavy atom. The molecule has 2 fully saturated rings. The summed E-state index contributed by atoms with van der Waals surface area (Å²) >= 11 is 0. The first-order chi connectivity index (χ1) is 12.9. The molecule has 4 rings (SSSR count). The van der Waals surface area contributed by atoms with Gasteiger partial charge in [0.25, 0.3) is 5.91 Å². The Morgan fingerprint density at radius 2 is 1.93 bits per heavy atom. The van der Waals surface area contributed by atoms with Crippen LogP contribution in [0.15, 0.2) is 12.7 Å². The highest BCUT2D eigenvalue weighted by atomic mass is 16.8. The second kappa shape index (κ2) is 6.39. The van der Waals surface area contributed by atoms with Gasteiger partial charge >= 0.3 is 0 Å². The summed E-state index contributed by atoms with van der Waals surface area (Å²) in [6, 6.07) is 0. The topological polar surface area (TPSA) is 118 Å². The zero-order valence-electron chi connectivity index (χ0n) is 15.8. The summed E-state index contributed by atoms with van der Waals surface area (Å²) in [4.78, 5) is 27.2. The van der Waals surface area contributed by atoms with Crippen LogP contribution in [0, 0.1) is 0 Å². The van der Waals surface area contributed by atoms with Gasteiger partial charge in [0.2, 0.25) is 0 Å². The van der Waals surface area contributed by atoms with Gasteiger partial charge in [-0.2, -0.15) is 0 Å². The summed E-state index contributed by atoms with van der Waals surface area (Å²) in [7, 11) is 0. The Balaban J connectivity index is 1.73. The normalized spacial score (nSPS) is 29.2. The smallest absolute Gasteiger partial charge is 0.254 e. The van der Waals surface area contributed by atoms with E-state index in [1.54, 1.807) is 15.8 Å². The van der Waals surface area contributed by atoms with Crippen LogP contribution in [-0.2, 0) is 19.0 Å². The van der Waals surface area contributed by atoms with E-state index in [9.17, 15) is 4.79 Å². The van der Waals surface area contributed by atoms with Crippen molar-refractivity contribution in [2.75, 3.05) is 18.8 Å². The summed E-state index contributed by atoms with van der Waals surface area (Å²) in [5.41, 5.74) is 6.89. The maximum atomic E-state index is 13.0. The minimum Gasteiger partial charge on any atom is -0.382 e. The van der Waals surface area contributed by atoms with Gasteiger partial charge < -0.3 is 24.8 Å². The van der Waals surface area contributed by atoms with E-state index in [-0.39, 0.29) is 11.7 Å². The molecule has 2 N–H and O–H groups in total. The first-order valence-electron chi connectivity index (χ1n) is 9.09. The maximum absolute atomic E-state index is 13.0. The number of imidazole rings is 1. The van der Waals surface area contributed by atoms with E-state index >= 15 is 0 Å². The molecule has 0 saturated carbocycles. The number of ether oxygens (including phenoxy) is 3. The Morgan fingerprint density at radius 1 is 1.22 bits per heavy atom. The third kappa shape index (κ3) is 2.84. The van der Waals surface area contributed by atoms with Crippen LogP contribution in [0.1, 0.15) is 33.9 Å². The molecule has 2 aliphatic rings. The van der Waals surface area contributed by atoms with E-state index in [4.69, 9.17) is 19.9 Å². The van der Waals surface area contributed by atoms with Gasteiger partial charge in [-0.1, -0.05) is 0 Å². The average Bonchev–Trinajstić information content (AvgIpc) is 3.27. The van der Waals surface area contributed by atoms with Gasteiger partial charge in [-0.3, -0.25) is 9.36 Å². The minimum absolute atomic E-state index is 0.114. The van der Waals surface area contributed by atoms with E-state index in [1.807, 2.05) is 27.7 Å². The van der Waals surface area contributed by atoms with E-state index < -0.39 is 30.3 Å². The predicted octanol–water partition coefficient (Wildman–Crippen LogP) is 0.694. The van der Waals surface area contributed by atoms with Crippen molar-refractivity contribution < 1.29 is 19.0 Å². The number of rotatable bonds is 4. The number of hydrogen-bond donors (Lipinski definition) is 1. The lowest BCUT2D eigenvalue weighted by Gasteiger charge is -2.27. The lowest BCUT2D eigenvalue weighted by molar-refractivity contribution is -0.200. The number of fused-ring (bicyclic) bond motifs is 2. The molecule has 0 unspecified atom stereocenters. The molecule has 146 valence electrons. The number of carbonyl (C=O) groups excluding carboxylic acids is 1. The molecule has 0 radical (unpaired) electrons. The highest BCUT2D eigenvalue weighted by Crippen LogP contribution is 2.44. The van der Waals surface area contributed by atoms with Gasteiger partial charge in [-0.15, -0.1) is 0 Å². The van der Waals surface area contributed by atoms with Crippen LogP contribution in [0.3, 0.4) is 0 Å². The predicted molar refractivity (Wildman–Crippen MR) is 95.4 cm³/mol. The quantitative estimate of drug-likeness (QED) is 0.828. The number of likely N-dealkylation sites (N-methyl/N-ethyl adjacent to an activating group) is 1. The number of amides is 1. The monoisotopic (exact) mass is 376 g/mol. The SMILES string of the molecule is CCN(CC)C(=O)[C@H]1O[C@@H](n2cnc3c(N)ncnc32)[C@@H]2OC(C)(C)O[C@@H]21. The van der Waals surface area contributed by atoms with Gasteiger partial charge in [0.15, 0.2) is 29.6 Å². The summed E-state index contributed by atoms with van der Waals surface area (Å²) in [5, 5.41) is 0. The van der Waals surface area contributed by atoms with Crippen LogP contribution < -0.4 is 5.73 Å². The van der Waals surface area contributed by atoms with Crippen LogP contribution >= 0.6 is 0 Å². The van der Waals surface area contributed by atoms with Crippen molar-refractivity contribution >= 4 is 22.9 Å². The van der Waals surface area contributed by atoms with E-state index in [2.05, 4.69) is 15.0 Å². The number of nitrogens with zero attached hydrogens (tertiary/aromatic N) is 5. The number of nitrogens with two attached hydrogens (primary N) is 1. The van der Waals surface area contributed by atoms with Crippen molar-refractivity contribution in [3.8, 4) is 0 Å². The molecule has 2 aromatic heterocycles. The molecule has 2 saturated heterocycles. The highest BCUT2D eigenvalue weighted by Gasteiger charge is 2.58. The fraction of sp³-hybridized carbons (Fsp3) is 0.647. The standard InChI is InChI=1S/C17H24N6O4/c1-5-22(6-2)15(24)11-10-12(27-17(3,4)26-10)16(25-11)23-8-21-9-13(18)19-7-20-14(9)23/h7-8,10-12,16H,5-6H2,1-4H3,(H2,18,19,20)/t10-,11+,12-,16-/m1/s1.